The lowest BCUT2D eigenvalue weighted by atomic mass is 10.1. The van der Waals surface area contributed by atoms with Gasteiger partial charge in [0.05, 0.1) is 17.3 Å². The van der Waals surface area contributed by atoms with Crippen molar-refractivity contribution >= 4 is 62.4 Å². The average Bonchev–Trinajstić information content (AvgIpc) is 3.21. The first-order chi connectivity index (χ1) is 17.8. The van der Waals surface area contributed by atoms with Gasteiger partial charge in [0.1, 0.15) is 6.04 Å². The molecular weight excluding hydrogens is 512 g/mol. The summed E-state index contributed by atoms with van der Waals surface area (Å²) in [5, 5.41) is 6.03. The number of fused-ring (bicyclic) bond motifs is 1. The van der Waals surface area contributed by atoms with E-state index in [1.807, 2.05) is 32.0 Å². The molecular formula is C27H25ClN4O4S. The lowest BCUT2D eigenvalue weighted by Gasteiger charge is -2.16. The first-order valence-electron chi connectivity index (χ1n) is 11.5. The number of anilines is 2. The number of thiazole rings is 1. The number of esters is 1. The number of hydrogen-bond donors (Lipinski definition) is 2. The topological polar surface area (TPSA) is 102 Å². The van der Waals surface area contributed by atoms with Gasteiger partial charge in [0.25, 0.3) is 5.91 Å². The van der Waals surface area contributed by atoms with E-state index in [-0.39, 0.29) is 0 Å². The fourth-order valence-corrected chi connectivity index (χ4v) is 5.03. The maximum absolute atomic E-state index is 13.0. The summed E-state index contributed by atoms with van der Waals surface area (Å²) in [7, 11) is 1.32. The Bertz CT molecular complexity index is 1540. The van der Waals surface area contributed by atoms with Crippen molar-refractivity contribution < 1.29 is 19.1 Å². The van der Waals surface area contributed by atoms with Crippen LogP contribution >= 0.6 is 22.9 Å². The number of aromatic nitrogens is 1. The minimum absolute atomic E-state index is 0.360. The van der Waals surface area contributed by atoms with E-state index in [0.717, 1.165) is 10.3 Å². The second kappa shape index (κ2) is 11.4. The predicted octanol–water partition coefficient (Wildman–Crippen LogP) is 6.17. The van der Waals surface area contributed by atoms with Gasteiger partial charge in [-0.2, -0.15) is 4.99 Å². The first-order valence-corrected chi connectivity index (χ1v) is 12.7. The Morgan fingerprint density at radius 1 is 1.03 bits per heavy atom. The number of methoxy groups -OCH3 is 1. The van der Waals surface area contributed by atoms with Gasteiger partial charge in [-0.3, -0.25) is 4.79 Å². The van der Waals surface area contributed by atoms with Gasteiger partial charge in [-0.05, 0) is 61.9 Å². The Labute approximate surface area is 222 Å². The largest absolute Gasteiger partial charge is 0.467 e. The van der Waals surface area contributed by atoms with Crippen LogP contribution < -0.4 is 15.4 Å². The molecule has 1 aromatic heterocycles. The number of halogens is 1. The van der Waals surface area contributed by atoms with E-state index >= 15 is 0 Å². The highest BCUT2D eigenvalue weighted by Gasteiger charge is 2.24. The van der Waals surface area contributed by atoms with Crippen molar-refractivity contribution in [2.75, 3.05) is 17.7 Å². The van der Waals surface area contributed by atoms with E-state index in [0.29, 0.717) is 38.7 Å². The third-order valence-electron chi connectivity index (χ3n) is 5.63. The Balaban J connectivity index is 1.75. The number of aryl methyl sites for hydroxylation is 1. The lowest BCUT2D eigenvalue weighted by molar-refractivity contribution is -0.144. The van der Waals surface area contributed by atoms with Crippen molar-refractivity contribution in [3.8, 4) is 0 Å². The molecule has 0 radical (unpaired) electrons. The zero-order chi connectivity index (χ0) is 26.5. The molecule has 2 N–H and O–H groups in total. The van der Waals surface area contributed by atoms with E-state index in [1.165, 1.54) is 18.4 Å². The molecule has 10 heteroatoms. The summed E-state index contributed by atoms with van der Waals surface area (Å²) in [6.07, 6.45) is 0.414. The predicted molar refractivity (Wildman–Crippen MR) is 146 cm³/mol. The Kier molecular flexibility index (Phi) is 8.05. The van der Waals surface area contributed by atoms with Crippen molar-refractivity contribution in [2.45, 2.75) is 26.3 Å². The van der Waals surface area contributed by atoms with E-state index < -0.39 is 23.9 Å². The maximum atomic E-state index is 13.0. The van der Waals surface area contributed by atoms with Gasteiger partial charge in [0.15, 0.2) is 4.80 Å². The highest BCUT2D eigenvalue weighted by molar-refractivity contribution is 7.16. The Morgan fingerprint density at radius 3 is 2.38 bits per heavy atom. The smallest absolute Gasteiger partial charge is 0.328 e. The number of amides is 3. The number of nitrogens with one attached hydrogen (secondary N) is 2. The molecule has 4 aromatic rings. The summed E-state index contributed by atoms with van der Waals surface area (Å²) in [4.78, 5) is 42.9. The molecule has 37 heavy (non-hydrogen) atoms. The fraction of sp³-hybridized carbons (Fsp3) is 0.185. The van der Waals surface area contributed by atoms with Crippen LogP contribution in [0.4, 0.5) is 16.2 Å². The van der Waals surface area contributed by atoms with Gasteiger partial charge >= 0.3 is 12.0 Å². The average molecular weight is 537 g/mol. The zero-order valence-corrected chi connectivity index (χ0v) is 22.0. The summed E-state index contributed by atoms with van der Waals surface area (Å²) >= 11 is 7.27. The van der Waals surface area contributed by atoms with Crippen molar-refractivity contribution in [2.24, 2.45) is 4.99 Å². The van der Waals surface area contributed by atoms with E-state index in [2.05, 4.69) is 15.6 Å². The van der Waals surface area contributed by atoms with Crippen LogP contribution in [0.15, 0.2) is 71.7 Å². The molecule has 4 rings (SSSR count). The molecule has 0 spiro atoms. The molecule has 0 fully saturated rings. The summed E-state index contributed by atoms with van der Waals surface area (Å²) in [6.45, 7) is 3.79. The summed E-state index contributed by atoms with van der Waals surface area (Å²) in [5.74, 6) is -0.872. The lowest BCUT2D eigenvalue weighted by Crippen LogP contribution is -2.28. The Morgan fingerprint density at radius 2 is 1.73 bits per heavy atom. The highest BCUT2D eigenvalue weighted by Crippen LogP contribution is 2.27. The van der Waals surface area contributed by atoms with Gasteiger partial charge in [0, 0.05) is 22.0 Å². The molecule has 1 heterocycles. The number of hydrogen-bond acceptors (Lipinski definition) is 5. The Hall–Kier alpha value is -3.95. The normalized spacial score (nSPS) is 12.3. The van der Waals surface area contributed by atoms with Crippen LogP contribution in [0.2, 0.25) is 5.02 Å². The summed E-state index contributed by atoms with van der Waals surface area (Å²) in [5.41, 5.74) is 3.16. The van der Waals surface area contributed by atoms with Crippen LogP contribution in [-0.4, -0.2) is 29.6 Å². The van der Waals surface area contributed by atoms with Crippen molar-refractivity contribution in [3.05, 3.63) is 87.7 Å². The number of carbonyl (C=O) groups excluding carboxylic acids is 3. The van der Waals surface area contributed by atoms with E-state index in [4.69, 9.17) is 16.3 Å². The van der Waals surface area contributed by atoms with Crippen LogP contribution in [0.1, 0.15) is 35.3 Å². The maximum Gasteiger partial charge on any atom is 0.328 e. The van der Waals surface area contributed by atoms with Gasteiger partial charge in [0.2, 0.25) is 0 Å². The minimum Gasteiger partial charge on any atom is -0.467 e. The second-order valence-corrected chi connectivity index (χ2v) is 9.70. The molecule has 0 bridgehead atoms. The zero-order valence-electron chi connectivity index (χ0n) is 20.4. The molecule has 3 aromatic carbocycles. The molecule has 3 amide bonds. The number of benzene rings is 3. The number of urea groups is 1. The third-order valence-corrected chi connectivity index (χ3v) is 6.90. The van der Waals surface area contributed by atoms with Crippen LogP contribution in [0, 0.1) is 6.92 Å². The highest BCUT2D eigenvalue weighted by atomic mass is 35.5. The molecule has 1 unspecified atom stereocenters. The van der Waals surface area contributed by atoms with Gasteiger partial charge < -0.3 is 19.9 Å². The standard InChI is InChI=1S/C27H25ClN4O4S/c1-4-21(25(34)36-3)32-22-15-20(30-26(35)29-19-7-5-6-18(28)14-19)12-13-23(22)37-27(32)31-24(33)17-10-8-16(2)9-11-17/h5-15,21H,4H2,1-3H3,(H2,29,30,35). The fourth-order valence-electron chi connectivity index (χ4n) is 3.80. The van der Waals surface area contributed by atoms with Gasteiger partial charge in [-0.1, -0.05) is 53.6 Å². The SMILES string of the molecule is CCC(C(=O)OC)n1c(=NC(=O)c2ccc(C)cc2)sc2ccc(NC(=O)Nc3cccc(Cl)c3)cc21. The van der Waals surface area contributed by atoms with Crippen LogP contribution in [0.3, 0.4) is 0 Å². The van der Waals surface area contributed by atoms with E-state index in [9.17, 15) is 14.4 Å². The van der Waals surface area contributed by atoms with Crippen molar-refractivity contribution in [1.29, 1.82) is 0 Å². The summed E-state index contributed by atoms with van der Waals surface area (Å²) in [6, 6.07) is 18.1. The number of ether oxygens (including phenoxy) is 1. The first kappa shape index (κ1) is 26.1. The molecule has 0 saturated heterocycles. The van der Waals surface area contributed by atoms with Gasteiger partial charge in [-0.15, -0.1) is 0 Å². The van der Waals surface area contributed by atoms with Crippen LogP contribution in [0.25, 0.3) is 10.2 Å². The molecule has 0 aliphatic rings. The van der Waals surface area contributed by atoms with E-state index in [1.54, 1.807) is 53.1 Å². The van der Waals surface area contributed by atoms with Crippen LogP contribution in [-0.2, 0) is 9.53 Å². The second-order valence-electron chi connectivity index (χ2n) is 8.26. The quantitative estimate of drug-likeness (QED) is 0.287. The monoisotopic (exact) mass is 536 g/mol. The molecule has 0 aliphatic carbocycles. The minimum atomic E-state index is -0.709. The molecule has 8 nitrogen and oxygen atoms in total. The van der Waals surface area contributed by atoms with Crippen molar-refractivity contribution in [3.63, 3.8) is 0 Å². The third kappa shape index (κ3) is 6.07. The van der Waals surface area contributed by atoms with Crippen LogP contribution in [0.5, 0.6) is 0 Å². The van der Waals surface area contributed by atoms with Gasteiger partial charge in [-0.25, -0.2) is 9.59 Å². The molecule has 1 atom stereocenters. The molecule has 0 aliphatic heterocycles. The molecule has 0 saturated carbocycles. The van der Waals surface area contributed by atoms with Crippen molar-refractivity contribution in [1.82, 2.24) is 4.57 Å². The summed E-state index contributed by atoms with van der Waals surface area (Å²) < 4.78 is 7.52. The number of carbonyl (C=O) groups is 3. The number of rotatable bonds is 6. The number of nitrogens with zero attached hydrogens (tertiary/aromatic N) is 2. The molecule has 190 valence electrons.